The number of benzene rings is 1. The molecule has 0 saturated carbocycles. The second-order valence-corrected chi connectivity index (χ2v) is 7.19. The third-order valence-electron chi connectivity index (χ3n) is 3.12. The summed E-state index contributed by atoms with van der Waals surface area (Å²) < 4.78 is 0. The van der Waals surface area contributed by atoms with E-state index in [2.05, 4.69) is 5.32 Å². The number of anilines is 2. The normalized spacial score (nSPS) is 14.4. The maximum absolute atomic E-state index is 12.7. The zero-order valence-electron chi connectivity index (χ0n) is 13.5. The van der Waals surface area contributed by atoms with Crippen LogP contribution in [0.5, 0.6) is 0 Å². The number of aliphatic hydroxyl groups is 2. The van der Waals surface area contributed by atoms with E-state index in [0.717, 1.165) is 28.4 Å². The van der Waals surface area contributed by atoms with Crippen molar-refractivity contribution in [1.29, 1.82) is 0 Å². The fraction of sp³-hybridized carbons (Fsp3) is 0.312. The van der Waals surface area contributed by atoms with Crippen molar-refractivity contribution in [3.05, 3.63) is 34.1 Å². The molecular weight excluding hydrogens is 364 g/mol. The SMILES string of the molecule is CC(=O)Nc1ccc(N2C(=O)C(SCCO)=C(SCCO)C2=O)cc1. The first kappa shape index (κ1) is 19.5. The largest absolute Gasteiger partial charge is 0.396 e. The number of rotatable bonds is 8. The van der Waals surface area contributed by atoms with E-state index >= 15 is 0 Å². The molecule has 0 aliphatic carbocycles. The van der Waals surface area contributed by atoms with E-state index in [4.69, 9.17) is 10.2 Å². The van der Waals surface area contributed by atoms with Crippen LogP contribution in [0.4, 0.5) is 11.4 Å². The predicted molar refractivity (Wildman–Crippen MR) is 99.4 cm³/mol. The molecule has 134 valence electrons. The van der Waals surface area contributed by atoms with Gasteiger partial charge in [0.25, 0.3) is 11.8 Å². The van der Waals surface area contributed by atoms with Crippen molar-refractivity contribution in [3.8, 4) is 0 Å². The van der Waals surface area contributed by atoms with Crippen molar-refractivity contribution in [2.45, 2.75) is 6.92 Å². The Morgan fingerprint density at radius 2 is 1.48 bits per heavy atom. The number of amides is 3. The van der Waals surface area contributed by atoms with Crippen molar-refractivity contribution >= 4 is 52.6 Å². The third-order valence-corrected chi connectivity index (χ3v) is 5.36. The molecule has 0 spiro atoms. The van der Waals surface area contributed by atoms with E-state index in [1.54, 1.807) is 24.3 Å². The van der Waals surface area contributed by atoms with Crippen LogP contribution < -0.4 is 10.2 Å². The Morgan fingerprint density at radius 1 is 1.00 bits per heavy atom. The minimum Gasteiger partial charge on any atom is -0.396 e. The van der Waals surface area contributed by atoms with E-state index in [1.807, 2.05) is 0 Å². The summed E-state index contributed by atoms with van der Waals surface area (Å²) in [4.78, 5) is 38.0. The van der Waals surface area contributed by atoms with Gasteiger partial charge in [0, 0.05) is 24.1 Å². The lowest BCUT2D eigenvalue weighted by molar-refractivity contribution is -0.120. The van der Waals surface area contributed by atoms with Gasteiger partial charge in [-0.05, 0) is 24.3 Å². The lowest BCUT2D eigenvalue weighted by Crippen LogP contribution is -2.31. The highest BCUT2D eigenvalue weighted by Gasteiger charge is 2.39. The quantitative estimate of drug-likeness (QED) is 0.580. The summed E-state index contributed by atoms with van der Waals surface area (Å²) in [7, 11) is 0. The first-order chi connectivity index (χ1) is 12.0. The Bertz CT molecular complexity index is 673. The average molecular weight is 382 g/mol. The van der Waals surface area contributed by atoms with Gasteiger partial charge in [-0.3, -0.25) is 14.4 Å². The molecule has 0 atom stereocenters. The van der Waals surface area contributed by atoms with Gasteiger partial charge in [-0.1, -0.05) is 0 Å². The van der Waals surface area contributed by atoms with E-state index in [9.17, 15) is 14.4 Å². The minimum absolute atomic E-state index is 0.112. The molecule has 1 aliphatic heterocycles. The first-order valence-electron chi connectivity index (χ1n) is 7.47. The topological polar surface area (TPSA) is 107 Å². The zero-order chi connectivity index (χ0) is 18.4. The maximum atomic E-state index is 12.7. The molecule has 0 saturated heterocycles. The average Bonchev–Trinajstić information content (AvgIpc) is 2.81. The molecule has 1 aromatic rings. The predicted octanol–water partition coefficient (Wildman–Crippen LogP) is 1.18. The van der Waals surface area contributed by atoms with Crippen molar-refractivity contribution in [3.63, 3.8) is 0 Å². The molecule has 3 N–H and O–H groups in total. The lowest BCUT2D eigenvalue weighted by atomic mass is 10.2. The van der Waals surface area contributed by atoms with E-state index in [0.29, 0.717) is 22.9 Å². The first-order valence-corrected chi connectivity index (χ1v) is 9.44. The Balaban J connectivity index is 2.26. The van der Waals surface area contributed by atoms with Gasteiger partial charge in [0.1, 0.15) is 0 Å². The van der Waals surface area contributed by atoms with Gasteiger partial charge in [-0.2, -0.15) is 0 Å². The molecular formula is C16H18N2O5S2. The van der Waals surface area contributed by atoms with Crippen LogP contribution in [0.3, 0.4) is 0 Å². The smallest absolute Gasteiger partial charge is 0.273 e. The Labute approximate surface area is 153 Å². The summed E-state index contributed by atoms with van der Waals surface area (Å²) >= 11 is 2.25. The van der Waals surface area contributed by atoms with Crippen molar-refractivity contribution in [2.75, 3.05) is 34.9 Å². The minimum atomic E-state index is -0.448. The summed E-state index contributed by atoms with van der Waals surface area (Å²) in [6.45, 7) is 1.17. The number of hydrogen-bond donors (Lipinski definition) is 3. The summed E-state index contributed by atoms with van der Waals surface area (Å²) in [5, 5.41) is 20.6. The summed E-state index contributed by atoms with van der Waals surface area (Å²) in [5.74, 6) is -0.514. The Hall–Kier alpha value is -1.81. The molecule has 0 aromatic heterocycles. The van der Waals surface area contributed by atoms with Crippen LogP contribution in [-0.4, -0.2) is 52.7 Å². The molecule has 7 nitrogen and oxygen atoms in total. The number of aliphatic hydroxyl groups excluding tert-OH is 2. The van der Waals surface area contributed by atoms with Gasteiger partial charge in [0.15, 0.2) is 0 Å². The number of imide groups is 1. The van der Waals surface area contributed by atoms with Crippen LogP contribution in [0.2, 0.25) is 0 Å². The van der Waals surface area contributed by atoms with Gasteiger partial charge in [-0.25, -0.2) is 4.90 Å². The van der Waals surface area contributed by atoms with Gasteiger partial charge in [0.2, 0.25) is 5.91 Å². The molecule has 3 amide bonds. The molecule has 9 heteroatoms. The lowest BCUT2D eigenvalue weighted by Gasteiger charge is -2.15. The summed E-state index contributed by atoms with van der Waals surface area (Å²) in [6.07, 6.45) is 0. The van der Waals surface area contributed by atoms with Crippen LogP contribution in [0.25, 0.3) is 0 Å². The van der Waals surface area contributed by atoms with Crippen molar-refractivity contribution in [1.82, 2.24) is 0 Å². The van der Waals surface area contributed by atoms with Gasteiger partial charge in [0.05, 0.1) is 28.7 Å². The standard InChI is InChI=1S/C16H18N2O5S2/c1-10(21)17-11-2-4-12(5-3-11)18-15(22)13(24-8-6-19)14(16(18)23)25-9-7-20/h2-5,19-20H,6-9H2,1H3,(H,17,21). The molecule has 0 fully saturated rings. The summed E-state index contributed by atoms with van der Waals surface area (Å²) in [5.41, 5.74) is 0.957. The number of thioether (sulfide) groups is 2. The fourth-order valence-corrected chi connectivity index (χ4v) is 3.98. The highest BCUT2D eigenvalue weighted by molar-refractivity contribution is 8.08. The molecule has 2 rings (SSSR count). The maximum Gasteiger partial charge on any atom is 0.273 e. The van der Waals surface area contributed by atoms with Gasteiger partial charge < -0.3 is 15.5 Å². The third kappa shape index (κ3) is 4.63. The van der Waals surface area contributed by atoms with Gasteiger partial charge >= 0.3 is 0 Å². The van der Waals surface area contributed by atoms with Crippen LogP contribution in [0.15, 0.2) is 34.1 Å². The molecule has 0 bridgehead atoms. The van der Waals surface area contributed by atoms with Gasteiger partial charge in [-0.15, -0.1) is 23.5 Å². The number of nitrogens with zero attached hydrogens (tertiary/aromatic N) is 1. The number of hydrogen-bond acceptors (Lipinski definition) is 7. The van der Waals surface area contributed by atoms with E-state index in [1.165, 1.54) is 6.92 Å². The van der Waals surface area contributed by atoms with Crippen LogP contribution in [0, 0.1) is 0 Å². The van der Waals surface area contributed by atoms with Crippen molar-refractivity contribution < 1.29 is 24.6 Å². The Kier molecular flexibility index (Phi) is 7.06. The Morgan fingerprint density at radius 3 is 1.88 bits per heavy atom. The second kappa shape index (κ2) is 9.04. The molecule has 1 aliphatic rings. The monoisotopic (exact) mass is 382 g/mol. The molecule has 1 aromatic carbocycles. The van der Waals surface area contributed by atoms with Crippen molar-refractivity contribution in [2.24, 2.45) is 0 Å². The molecule has 0 radical (unpaired) electrons. The molecule has 1 heterocycles. The number of carbonyl (C=O) groups excluding carboxylic acids is 3. The van der Waals surface area contributed by atoms with Crippen LogP contribution in [-0.2, 0) is 14.4 Å². The summed E-state index contributed by atoms with van der Waals surface area (Å²) in [6, 6.07) is 6.37. The zero-order valence-corrected chi connectivity index (χ0v) is 15.2. The second-order valence-electron chi connectivity index (χ2n) is 4.98. The molecule has 25 heavy (non-hydrogen) atoms. The highest BCUT2D eigenvalue weighted by Crippen LogP contribution is 2.38. The highest BCUT2D eigenvalue weighted by atomic mass is 32.2. The number of nitrogens with one attached hydrogen (secondary N) is 1. The fourth-order valence-electron chi connectivity index (χ4n) is 2.17. The number of carbonyl (C=O) groups is 3. The van der Waals surface area contributed by atoms with Crippen LogP contribution in [0.1, 0.15) is 6.92 Å². The van der Waals surface area contributed by atoms with E-state index in [-0.39, 0.29) is 28.9 Å². The van der Waals surface area contributed by atoms with E-state index < -0.39 is 11.8 Å². The van der Waals surface area contributed by atoms with Crippen LogP contribution >= 0.6 is 23.5 Å². The molecule has 0 unspecified atom stereocenters.